The Balaban J connectivity index is 1.76. The molecule has 2 aromatic heterocycles. The molecule has 1 unspecified atom stereocenters. The molecule has 2 aliphatic heterocycles. The first-order chi connectivity index (χ1) is 12.6. The molecule has 6 nitrogen and oxygen atoms in total. The zero-order valence-electron chi connectivity index (χ0n) is 14.9. The van der Waals surface area contributed by atoms with E-state index in [0.717, 1.165) is 48.3 Å². The van der Waals surface area contributed by atoms with Crippen LogP contribution in [0.4, 0.5) is 17.3 Å². The Morgan fingerprint density at radius 2 is 2.15 bits per heavy atom. The van der Waals surface area contributed by atoms with Crippen molar-refractivity contribution in [2.75, 3.05) is 34.8 Å². The summed E-state index contributed by atoms with van der Waals surface area (Å²) in [6.45, 7) is 10.3. The lowest BCUT2D eigenvalue weighted by Crippen LogP contribution is -2.46. The van der Waals surface area contributed by atoms with E-state index >= 15 is 0 Å². The predicted molar refractivity (Wildman–Crippen MR) is 107 cm³/mol. The van der Waals surface area contributed by atoms with Crippen LogP contribution in [0.3, 0.4) is 0 Å². The Labute approximate surface area is 153 Å². The zero-order valence-corrected chi connectivity index (χ0v) is 14.9. The van der Waals surface area contributed by atoms with E-state index in [1.165, 1.54) is 6.21 Å². The second-order valence-electron chi connectivity index (χ2n) is 6.63. The molecule has 4 rings (SSSR count). The van der Waals surface area contributed by atoms with Gasteiger partial charge in [0.15, 0.2) is 5.82 Å². The second kappa shape index (κ2) is 6.29. The van der Waals surface area contributed by atoms with Gasteiger partial charge < -0.3 is 20.1 Å². The maximum absolute atomic E-state index is 7.47. The van der Waals surface area contributed by atoms with Gasteiger partial charge in [-0.2, -0.15) is 0 Å². The number of anilines is 3. The summed E-state index contributed by atoms with van der Waals surface area (Å²) in [5.74, 6) is 2.58. The molecule has 2 bridgehead atoms. The van der Waals surface area contributed by atoms with E-state index in [4.69, 9.17) is 10.4 Å². The first-order valence-corrected chi connectivity index (χ1v) is 8.69. The monoisotopic (exact) mass is 346 g/mol. The van der Waals surface area contributed by atoms with Crippen molar-refractivity contribution in [3.8, 4) is 0 Å². The minimum Gasteiger partial charge on any atom is -0.366 e. The maximum atomic E-state index is 7.47. The van der Waals surface area contributed by atoms with Crippen LogP contribution in [0.15, 0.2) is 55.5 Å². The topological polar surface area (TPSA) is 59.4 Å². The van der Waals surface area contributed by atoms with E-state index in [2.05, 4.69) is 34.0 Å². The second-order valence-corrected chi connectivity index (χ2v) is 6.63. The Hall–Kier alpha value is -3.15. The van der Waals surface area contributed by atoms with E-state index in [1.807, 2.05) is 36.2 Å². The lowest BCUT2D eigenvalue weighted by molar-refractivity contribution is 0.662. The average molecular weight is 346 g/mol. The van der Waals surface area contributed by atoms with Crippen LogP contribution in [0, 0.1) is 5.41 Å². The minimum absolute atomic E-state index is 0.331. The molecule has 0 spiro atoms. The summed E-state index contributed by atoms with van der Waals surface area (Å²) in [5.41, 5.74) is 2.43. The van der Waals surface area contributed by atoms with Crippen molar-refractivity contribution in [1.29, 1.82) is 5.41 Å². The molecule has 1 fully saturated rings. The lowest BCUT2D eigenvalue weighted by Gasteiger charge is -2.40. The summed E-state index contributed by atoms with van der Waals surface area (Å²) in [6, 6.07) is 10.2. The van der Waals surface area contributed by atoms with Gasteiger partial charge in [-0.25, -0.2) is 9.97 Å². The number of allylic oxidation sites excluding steroid dienone is 1. The maximum Gasteiger partial charge on any atom is 0.158 e. The summed E-state index contributed by atoms with van der Waals surface area (Å²) >= 11 is 0. The highest BCUT2D eigenvalue weighted by Gasteiger charge is 2.39. The van der Waals surface area contributed by atoms with Crippen molar-refractivity contribution in [2.24, 2.45) is 0 Å². The highest BCUT2D eigenvalue weighted by Crippen LogP contribution is 2.41. The van der Waals surface area contributed by atoms with Crippen molar-refractivity contribution in [3.63, 3.8) is 0 Å². The van der Waals surface area contributed by atoms with Crippen LogP contribution in [0.5, 0.6) is 0 Å². The molecule has 132 valence electrons. The number of aromatic nitrogens is 2. The number of fused-ring (bicyclic) bond motifs is 4. The summed E-state index contributed by atoms with van der Waals surface area (Å²) in [7, 11) is 1.98. The predicted octanol–water partition coefficient (Wildman–Crippen LogP) is 3.15. The number of rotatable bonds is 5. The minimum atomic E-state index is 0.331. The van der Waals surface area contributed by atoms with Gasteiger partial charge in [-0.1, -0.05) is 19.2 Å². The van der Waals surface area contributed by atoms with Crippen LogP contribution in [0.1, 0.15) is 12.1 Å². The van der Waals surface area contributed by atoms with Crippen molar-refractivity contribution in [3.05, 3.63) is 61.2 Å². The summed E-state index contributed by atoms with van der Waals surface area (Å²) < 4.78 is 0. The first kappa shape index (κ1) is 16.3. The van der Waals surface area contributed by atoms with Crippen LogP contribution in [0.2, 0.25) is 0 Å². The highest BCUT2D eigenvalue weighted by atomic mass is 15.4. The zero-order chi connectivity index (χ0) is 18.3. The number of pyridine rings is 2. The number of hydrogen-bond acceptors (Lipinski definition) is 6. The van der Waals surface area contributed by atoms with Gasteiger partial charge in [-0.05, 0) is 30.7 Å². The molecule has 0 aliphatic carbocycles. The molecule has 2 aliphatic rings. The fraction of sp³-hybridized carbons (Fsp3) is 0.250. The summed E-state index contributed by atoms with van der Waals surface area (Å²) in [5, 5.41) is 7.47. The molecule has 2 aromatic rings. The summed E-state index contributed by atoms with van der Waals surface area (Å²) in [6.07, 6.45) is 4.09. The fourth-order valence-electron chi connectivity index (χ4n) is 3.64. The van der Waals surface area contributed by atoms with E-state index in [1.54, 1.807) is 6.20 Å². The molecule has 6 heteroatoms. The smallest absolute Gasteiger partial charge is 0.158 e. The number of nitrogens with zero attached hydrogens (tertiary/aromatic N) is 5. The van der Waals surface area contributed by atoms with Gasteiger partial charge in [-0.3, -0.25) is 0 Å². The van der Waals surface area contributed by atoms with Crippen molar-refractivity contribution < 1.29 is 0 Å². The van der Waals surface area contributed by atoms with Crippen LogP contribution < -0.4 is 14.7 Å². The highest BCUT2D eigenvalue weighted by molar-refractivity contribution is 6.06. The van der Waals surface area contributed by atoms with Crippen molar-refractivity contribution in [2.45, 2.75) is 12.5 Å². The van der Waals surface area contributed by atoms with Gasteiger partial charge in [0, 0.05) is 38.1 Å². The number of hydrogen-bond donors (Lipinski definition) is 1. The molecule has 0 amide bonds. The van der Waals surface area contributed by atoms with E-state index in [0.29, 0.717) is 11.6 Å². The van der Waals surface area contributed by atoms with Gasteiger partial charge in [0.25, 0.3) is 0 Å². The van der Waals surface area contributed by atoms with Crippen LogP contribution in [-0.2, 0) is 0 Å². The van der Waals surface area contributed by atoms with E-state index in [9.17, 15) is 0 Å². The fourth-order valence-corrected chi connectivity index (χ4v) is 3.64. The molecular formula is C20H22N6. The SMILES string of the molecule is C=C(C=N)c1ccc2c(n1)N(C(=C)N(C)c1ccccn1)C1CCN2C1. The van der Waals surface area contributed by atoms with E-state index in [-0.39, 0.29) is 0 Å². The van der Waals surface area contributed by atoms with Crippen molar-refractivity contribution >= 4 is 29.1 Å². The third-order valence-electron chi connectivity index (χ3n) is 5.11. The Kier molecular flexibility index (Phi) is 3.95. The molecule has 1 saturated heterocycles. The summed E-state index contributed by atoms with van der Waals surface area (Å²) in [4.78, 5) is 15.8. The number of nitrogens with one attached hydrogen (secondary N) is 1. The van der Waals surface area contributed by atoms with Crippen LogP contribution in [-0.4, -0.2) is 42.4 Å². The Morgan fingerprint density at radius 3 is 2.88 bits per heavy atom. The molecule has 1 N–H and O–H groups in total. The van der Waals surface area contributed by atoms with Gasteiger partial charge in [0.1, 0.15) is 11.6 Å². The van der Waals surface area contributed by atoms with Gasteiger partial charge >= 0.3 is 0 Å². The molecule has 0 radical (unpaired) electrons. The molecule has 26 heavy (non-hydrogen) atoms. The lowest BCUT2D eigenvalue weighted by atomic mass is 10.1. The molecule has 1 atom stereocenters. The van der Waals surface area contributed by atoms with Crippen molar-refractivity contribution in [1.82, 2.24) is 9.97 Å². The standard InChI is InChI=1S/C20H22N6/c1-14(12-21)17-7-8-18-20(23-17)26(16-9-11-25(18)13-16)15(2)24(3)19-6-4-5-10-22-19/h4-8,10,12,16,21H,1-2,9,11,13H2,3H3. The largest absolute Gasteiger partial charge is 0.366 e. The Morgan fingerprint density at radius 1 is 1.31 bits per heavy atom. The third-order valence-corrected chi connectivity index (χ3v) is 5.11. The van der Waals surface area contributed by atoms with Crippen LogP contribution in [0.25, 0.3) is 5.57 Å². The van der Waals surface area contributed by atoms with Gasteiger partial charge in [0.2, 0.25) is 0 Å². The van der Waals surface area contributed by atoms with Crippen LogP contribution >= 0.6 is 0 Å². The molecule has 0 saturated carbocycles. The van der Waals surface area contributed by atoms with Gasteiger partial charge in [-0.15, -0.1) is 0 Å². The third kappa shape index (κ3) is 2.54. The van der Waals surface area contributed by atoms with Gasteiger partial charge in [0.05, 0.1) is 17.4 Å². The van der Waals surface area contributed by atoms with E-state index < -0.39 is 0 Å². The first-order valence-electron chi connectivity index (χ1n) is 8.69. The Bertz CT molecular complexity index is 875. The quantitative estimate of drug-likeness (QED) is 0.843. The molecule has 0 aromatic carbocycles. The normalized spacial score (nSPS) is 17.7. The molecular weight excluding hydrogens is 324 g/mol. The molecule has 4 heterocycles. The average Bonchev–Trinajstić information content (AvgIpc) is 3.11.